The summed E-state index contributed by atoms with van der Waals surface area (Å²) in [6.07, 6.45) is 3.90. The van der Waals surface area contributed by atoms with Gasteiger partial charge in [0.2, 0.25) is 0 Å². The molecule has 31 heavy (non-hydrogen) atoms. The third kappa shape index (κ3) is 3.44. The van der Waals surface area contributed by atoms with Crippen LogP contribution in [-0.2, 0) is 6.54 Å². The number of aromatic carboxylic acids is 1. The number of carboxylic acid groups (broad SMARTS) is 1. The van der Waals surface area contributed by atoms with Crippen LogP contribution in [0.25, 0.3) is 22.6 Å². The molecule has 0 bridgehead atoms. The van der Waals surface area contributed by atoms with E-state index in [1.54, 1.807) is 0 Å². The summed E-state index contributed by atoms with van der Waals surface area (Å²) in [5.74, 6) is -0.398. The largest absolute Gasteiger partial charge is 0.490 e. The fraction of sp³-hybridized carbons (Fsp3) is 0.375. The molecule has 3 aromatic rings. The smallest absolute Gasteiger partial charge is 0.341 e. The topological polar surface area (TPSA) is 86.3 Å². The molecule has 0 spiro atoms. The van der Waals surface area contributed by atoms with Gasteiger partial charge < -0.3 is 14.4 Å². The Morgan fingerprint density at radius 2 is 1.90 bits per heavy atom. The van der Waals surface area contributed by atoms with Gasteiger partial charge in [-0.3, -0.25) is 9.48 Å². The third-order valence-corrected chi connectivity index (χ3v) is 6.01. The standard InChI is InChI=1S/C24H25N3O4/c1-24(2,3)22-13-27-19(18-11-20(28)16(23(29)30)12-26(18)22)10-17(25-27)15-6-4-5-7-21(15)31-14-8-9-14/h4-7,10-12,14,22H,8-9,13H2,1-3H3,(H,29,30)/t22-/m0/s1. The van der Waals surface area contributed by atoms with Gasteiger partial charge in [-0.2, -0.15) is 5.10 Å². The molecular weight excluding hydrogens is 394 g/mol. The summed E-state index contributed by atoms with van der Waals surface area (Å²) in [5, 5.41) is 14.3. The molecule has 5 rings (SSSR count). The Hall–Kier alpha value is -3.35. The van der Waals surface area contributed by atoms with Crippen molar-refractivity contribution in [1.82, 2.24) is 14.3 Å². The van der Waals surface area contributed by atoms with Crippen molar-refractivity contribution in [3.05, 3.63) is 58.4 Å². The van der Waals surface area contributed by atoms with Crippen LogP contribution in [-0.4, -0.2) is 31.5 Å². The Morgan fingerprint density at radius 1 is 1.16 bits per heavy atom. The normalized spacial score (nSPS) is 17.7. The maximum Gasteiger partial charge on any atom is 0.341 e. The minimum Gasteiger partial charge on any atom is -0.490 e. The van der Waals surface area contributed by atoms with Crippen molar-refractivity contribution in [3.63, 3.8) is 0 Å². The highest BCUT2D eigenvalue weighted by Crippen LogP contribution is 2.42. The fourth-order valence-corrected chi connectivity index (χ4v) is 4.16. The van der Waals surface area contributed by atoms with Crippen LogP contribution in [0.15, 0.2) is 47.4 Å². The molecule has 2 aliphatic rings. The fourth-order valence-electron chi connectivity index (χ4n) is 4.16. The average Bonchev–Trinajstić information content (AvgIpc) is 3.41. The Kier molecular flexibility index (Phi) is 4.32. The highest BCUT2D eigenvalue weighted by Gasteiger charge is 2.35. The Morgan fingerprint density at radius 3 is 2.58 bits per heavy atom. The Balaban J connectivity index is 1.67. The molecule has 0 unspecified atom stereocenters. The first-order valence-electron chi connectivity index (χ1n) is 10.6. The van der Waals surface area contributed by atoms with E-state index in [2.05, 4.69) is 20.8 Å². The number of aromatic nitrogens is 3. The number of ether oxygens (including phenoxy) is 1. The van der Waals surface area contributed by atoms with Crippen LogP contribution in [0, 0.1) is 5.41 Å². The lowest BCUT2D eigenvalue weighted by molar-refractivity contribution is 0.0693. The zero-order valence-corrected chi connectivity index (χ0v) is 17.8. The van der Waals surface area contributed by atoms with Crippen LogP contribution in [0.5, 0.6) is 5.75 Å². The van der Waals surface area contributed by atoms with Crippen LogP contribution < -0.4 is 10.2 Å². The summed E-state index contributed by atoms with van der Waals surface area (Å²) in [6.45, 7) is 6.90. The van der Waals surface area contributed by atoms with Crippen LogP contribution in [0.2, 0.25) is 0 Å². The number of carboxylic acids is 1. The molecule has 7 nitrogen and oxygen atoms in total. The molecule has 1 aliphatic carbocycles. The van der Waals surface area contributed by atoms with Gasteiger partial charge in [0.1, 0.15) is 11.3 Å². The highest BCUT2D eigenvalue weighted by atomic mass is 16.5. The molecule has 2 aromatic heterocycles. The van der Waals surface area contributed by atoms with Gasteiger partial charge in [0, 0.05) is 17.8 Å². The van der Waals surface area contributed by atoms with E-state index in [1.807, 2.05) is 39.6 Å². The molecule has 1 aromatic carbocycles. The van der Waals surface area contributed by atoms with Gasteiger partial charge in [0.05, 0.1) is 35.8 Å². The van der Waals surface area contributed by atoms with Crippen molar-refractivity contribution in [3.8, 4) is 28.4 Å². The summed E-state index contributed by atoms with van der Waals surface area (Å²) < 4.78 is 9.93. The van der Waals surface area contributed by atoms with Crippen molar-refractivity contribution >= 4 is 5.97 Å². The lowest BCUT2D eigenvalue weighted by atomic mass is 9.85. The number of rotatable bonds is 4. The molecule has 160 valence electrons. The van der Waals surface area contributed by atoms with Crippen molar-refractivity contribution in [2.24, 2.45) is 5.41 Å². The van der Waals surface area contributed by atoms with Crippen molar-refractivity contribution < 1.29 is 14.6 Å². The Bertz CT molecular complexity index is 1240. The predicted octanol–water partition coefficient (Wildman–Crippen LogP) is 4.22. The minimum atomic E-state index is -1.21. The molecule has 0 amide bonds. The van der Waals surface area contributed by atoms with E-state index in [4.69, 9.17) is 9.84 Å². The van der Waals surface area contributed by atoms with E-state index < -0.39 is 11.4 Å². The van der Waals surface area contributed by atoms with Crippen LogP contribution in [0.4, 0.5) is 0 Å². The summed E-state index contributed by atoms with van der Waals surface area (Å²) in [5.41, 5.74) is 2.29. The van der Waals surface area contributed by atoms with Gasteiger partial charge in [0.25, 0.3) is 0 Å². The number of hydrogen-bond acceptors (Lipinski definition) is 4. The zero-order valence-electron chi connectivity index (χ0n) is 17.8. The summed E-state index contributed by atoms with van der Waals surface area (Å²) >= 11 is 0. The van der Waals surface area contributed by atoms with Gasteiger partial charge >= 0.3 is 5.97 Å². The predicted molar refractivity (Wildman–Crippen MR) is 116 cm³/mol. The number of benzene rings is 1. The van der Waals surface area contributed by atoms with E-state index in [0.717, 1.165) is 35.5 Å². The monoisotopic (exact) mass is 419 g/mol. The van der Waals surface area contributed by atoms with Crippen molar-refractivity contribution in [2.45, 2.75) is 52.3 Å². The highest BCUT2D eigenvalue weighted by molar-refractivity contribution is 5.87. The van der Waals surface area contributed by atoms with Crippen LogP contribution in [0.1, 0.15) is 50.0 Å². The summed E-state index contributed by atoms with van der Waals surface area (Å²) in [6, 6.07) is 11.2. The number of para-hydroxylation sites is 1. The first-order chi connectivity index (χ1) is 14.7. The Labute approximate surface area is 179 Å². The van der Waals surface area contributed by atoms with Crippen molar-refractivity contribution in [1.29, 1.82) is 0 Å². The maximum absolute atomic E-state index is 12.5. The third-order valence-electron chi connectivity index (χ3n) is 6.01. The second kappa shape index (κ2) is 6.83. The molecule has 7 heteroatoms. The van der Waals surface area contributed by atoms with Crippen LogP contribution >= 0.6 is 0 Å². The summed E-state index contributed by atoms with van der Waals surface area (Å²) in [4.78, 5) is 24.1. The average molecular weight is 419 g/mol. The number of carbonyl (C=O) groups is 1. The van der Waals surface area contributed by atoms with Crippen molar-refractivity contribution in [2.75, 3.05) is 0 Å². The second-order valence-corrected chi connectivity index (χ2v) is 9.44. The minimum absolute atomic E-state index is 0.0561. The molecule has 0 radical (unpaired) electrons. The van der Waals surface area contributed by atoms with Gasteiger partial charge in [-0.1, -0.05) is 32.9 Å². The van der Waals surface area contributed by atoms with E-state index >= 15 is 0 Å². The molecule has 1 aliphatic heterocycles. The number of pyridine rings is 1. The van der Waals surface area contributed by atoms with Gasteiger partial charge in [-0.15, -0.1) is 0 Å². The zero-order chi connectivity index (χ0) is 21.9. The molecular formula is C24H25N3O4. The van der Waals surface area contributed by atoms with Gasteiger partial charge in [-0.05, 0) is 36.5 Å². The lowest BCUT2D eigenvalue weighted by Crippen LogP contribution is -2.35. The van der Waals surface area contributed by atoms with Gasteiger partial charge in [-0.25, -0.2) is 4.79 Å². The molecule has 1 saturated carbocycles. The quantitative estimate of drug-likeness (QED) is 0.684. The van der Waals surface area contributed by atoms with E-state index in [0.29, 0.717) is 12.2 Å². The van der Waals surface area contributed by atoms with E-state index in [-0.39, 0.29) is 23.1 Å². The van der Waals surface area contributed by atoms with Crippen LogP contribution in [0.3, 0.4) is 0 Å². The van der Waals surface area contributed by atoms with Gasteiger partial charge in [0.15, 0.2) is 5.43 Å². The molecule has 3 heterocycles. The SMILES string of the molecule is CC(C)(C)[C@@H]1Cn2nc(-c3ccccc3OC3CC3)cc2-c2cc(=O)c(C(=O)O)cn21. The first-order valence-corrected chi connectivity index (χ1v) is 10.6. The number of nitrogens with zero attached hydrogens (tertiary/aromatic N) is 3. The summed E-state index contributed by atoms with van der Waals surface area (Å²) in [7, 11) is 0. The molecule has 1 atom stereocenters. The number of fused-ring (bicyclic) bond motifs is 3. The van der Waals surface area contributed by atoms with E-state index in [9.17, 15) is 14.7 Å². The molecule has 0 saturated heterocycles. The molecule has 1 fully saturated rings. The van der Waals surface area contributed by atoms with E-state index in [1.165, 1.54) is 12.3 Å². The number of hydrogen-bond donors (Lipinski definition) is 1. The maximum atomic E-state index is 12.5. The second-order valence-electron chi connectivity index (χ2n) is 9.44. The molecule has 1 N–H and O–H groups in total. The lowest BCUT2D eigenvalue weighted by Gasteiger charge is -2.38. The first kappa shape index (κ1) is 19.6.